The summed E-state index contributed by atoms with van der Waals surface area (Å²) in [4.78, 5) is 9.30. The molecular formula is C14H26IN5O2S2. The number of rotatable bonds is 6. The van der Waals surface area contributed by atoms with Gasteiger partial charge in [0.05, 0.1) is 12.3 Å². The molecule has 0 aliphatic carbocycles. The number of guanidine groups is 1. The maximum atomic E-state index is 12.3. The Balaban J connectivity index is 0.00000288. The first-order valence-electron chi connectivity index (χ1n) is 7.62. The SMILES string of the molecule is CN=C(NCCS(=O)(=O)N1CCSCC1)N(C)Cc1ccc[nH]1.I. The van der Waals surface area contributed by atoms with Crippen LogP contribution < -0.4 is 5.32 Å². The number of nitrogens with zero attached hydrogens (tertiary/aromatic N) is 3. The Bertz CT molecular complexity index is 601. The summed E-state index contributed by atoms with van der Waals surface area (Å²) in [7, 11) is 0.436. The highest BCUT2D eigenvalue weighted by atomic mass is 127. The number of H-pyrrole nitrogens is 1. The summed E-state index contributed by atoms with van der Waals surface area (Å²) in [5.74, 6) is 2.54. The van der Waals surface area contributed by atoms with Crippen LogP contribution in [-0.2, 0) is 16.6 Å². The minimum atomic E-state index is -3.19. The van der Waals surface area contributed by atoms with Gasteiger partial charge in [-0.05, 0) is 12.1 Å². The van der Waals surface area contributed by atoms with Crippen LogP contribution >= 0.6 is 35.7 Å². The molecule has 24 heavy (non-hydrogen) atoms. The summed E-state index contributed by atoms with van der Waals surface area (Å²) < 4.78 is 26.2. The normalized spacial score (nSPS) is 16.5. The van der Waals surface area contributed by atoms with Gasteiger partial charge in [-0.2, -0.15) is 11.8 Å². The van der Waals surface area contributed by atoms with Gasteiger partial charge in [0.25, 0.3) is 0 Å². The third-order valence-corrected chi connectivity index (χ3v) is 6.46. The average molecular weight is 487 g/mol. The Morgan fingerprint density at radius 3 is 2.75 bits per heavy atom. The minimum absolute atomic E-state index is 0. The van der Waals surface area contributed by atoms with E-state index in [-0.39, 0.29) is 29.7 Å². The summed E-state index contributed by atoms with van der Waals surface area (Å²) in [6.45, 7) is 2.28. The van der Waals surface area contributed by atoms with Crippen molar-refractivity contribution in [3.8, 4) is 0 Å². The first-order valence-corrected chi connectivity index (χ1v) is 10.4. The summed E-state index contributed by atoms with van der Waals surface area (Å²) in [6, 6.07) is 3.95. The maximum absolute atomic E-state index is 12.3. The van der Waals surface area contributed by atoms with Gasteiger partial charge in [0.15, 0.2) is 5.96 Å². The summed E-state index contributed by atoms with van der Waals surface area (Å²) in [5.41, 5.74) is 1.08. The molecule has 138 valence electrons. The predicted octanol–water partition coefficient (Wildman–Crippen LogP) is 1.02. The molecule has 0 aromatic carbocycles. The molecule has 1 saturated heterocycles. The van der Waals surface area contributed by atoms with Crippen LogP contribution in [0.25, 0.3) is 0 Å². The zero-order valence-corrected chi connectivity index (χ0v) is 18.0. The molecule has 10 heteroatoms. The third-order valence-electron chi connectivity index (χ3n) is 3.65. The van der Waals surface area contributed by atoms with E-state index in [1.807, 2.05) is 30.3 Å². The molecule has 0 saturated carbocycles. The smallest absolute Gasteiger partial charge is 0.215 e. The van der Waals surface area contributed by atoms with E-state index in [1.54, 1.807) is 23.1 Å². The van der Waals surface area contributed by atoms with Crippen molar-refractivity contribution in [3.63, 3.8) is 0 Å². The van der Waals surface area contributed by atoms with Gasteiger partial charge in [-0.1, -0.05) is 0 Å². The van der Waals surface area contributed by atoms with Crippen LogP contribution in [-0.4, -0.2) is 79.6 Å². The topological polar surface area (TPSA) is 80.8 Å². The standard InChI is InChI=1S/C14H25N5O2S2.HI/c1-15-14(18(2)12-13-4-3-5-16-13)17-6-11-23(20,21)19-7-9-22-10-8-19;/h3-5,16H,6-12H2,1-2H3,(H,15,17);1H. The number of aromatic amines is 1. The summed E-state index contributed by atoms with van der Waals surface area (Å²) >= 11 is 1.80. The van der Waals surface area contributed by atoms with Crippen molar-refractivity contribution in [1.29, 1.82) is 0 Å². The predicted molar refractivity (Wildman–Crippen MR) is 112 cm³/mol. The molecule has 1 aromatic heterocycles. The van der Waals surface area contributed by atoms with E-state index in [2.05, 4.69) is 15.3 Å². The van der Waals surface area contributed by atoms with Gasteiger partial charge in [0, 0.05) is 57.1 Å². The monoisotopic (exact) mass is 487 g/mol. The number of halogens is 1. The van der Waals surface area contributed by atoms with Crippen LogP contribution in [0.15, 0.2) is 23.3 Å². The van der Waals surface area contributed by atoms with Crippen LogP contribution in [0.4, 0.5) is 0 Å². The number of sulfonamides is 1. The van der Waals surface area contributed by atoms with Crippen molar-refractivity contribution in [2.45, 2.75) is 6.54 Å². The van der Waals surface area contributed by atoms with Crippen LogP contribution in [0.5, 0.6) is 0 Å². The Morgan fingerprint density at radius 1 is 1.46 bits per heavy atom. The second-order valence-corrected chi connectivity index (χ2v) is 8.67. The number of nitrogens with one attached hydrogen (secondary N) is 2. The molecule has 1 aliphatic heterocycles. The largest absolute Gasteiger partial charge is 0.364 e. The van der Waals surface area contributed by atoms with Gasteiger partial charge in [0.1, 0.15) is 0 Å². The maximum Gasteiger partial charge on any atom is 0.215 e. The van der Waals surface area contributed by atoms with Crippen LogP contribution in [0.2, 0.25) is 0 Å². The molecule has 1 aromatic rings. The fourth-order valence-electron chi connectivity index (χ4n) is 2.43. The number of aromatic nitrogens is 1. The van der Waals surface area contributed by atoms with Crippen LogP contribution in [0.3, 0.4) is 0 Å². The van der Waals surface area contributed by atoms with Crippen molar-refractivity contribution < 1.29 is 8.42 Å². The van der Waals surface area contributed by atoms with Crippen molar-refractivity contribution >= 4 is 51.7 Å². The van der Waals surface area contributed by atoms with Crippen LogP contribution in [0, 0.1) is 0 Å². The molecule has 2 rings (SSSR count). The quantitative estimate of drug-likeness (QED) is 0.356. The Morgan fingerprint density at radius 2 is 2.17 bits per heavy atom. The number of hydrogen-bond donors (Lipinski definition) is 2. The van der Waals surface area contributed by atoms with Crippen molar-refractivity contribution in [1.82, 2.24) is 19.5 Å². The molecular weight excluding hydrogens is 461 g/mol. The highest BCUT2D eigenvalue weighted by molar-refractivity contribution is 14.0. The van der Waals surface area contributed by atoms with Gasteiger partial charge < -0.3 is 15.2 Å². The van der Waals surface area contributed by atoms with Crippen molar-refractivity contribution in [2.75, 3.05) is 51.0 Å². The lowest BCUT2D eigenvalue weighted by molar-refractivity contribution is 0.441. The molecule has 0 spiro atoms. The second-order valence-electron chi connectivity index (χ2n) is 5.35. The zero-order chi connectivity index (χ0) is 16.7. The fraction of sp³-hybridized carbons (Fsp3) is 0.643. The minimum Gasteiger partial charge on any atom is -0.364 e. The first-order chi connectivity index (χ1) is 11.0. The van der Waals surface area contributed by atoms with E-state index in [0.29, 0.717) is 32.1 Å². The van der Waals surface area contributed by atoms with Gasteiger partial charge in [0.2, 0.25) is 10.0 Å². The lowest BCUT2D eigenvalue weighted by atomic mass is 10.4. The van der Waals surface area contributed by atoms with E-state index in [4.69, 9.17) is 0 Å². The molecule has 0 atom stereocenters. The van der Waals surface area contributed by atoms with Gasteiger partial charge >= 0.3 is 0 Å². The van der Waals surface area contributed by atoms with Gasteiger partial charge in [-0.3, -0.25) is 4.99 Å². The molecule has 7 nitrogen and oxygen atoms in total. The third kappa shape index (κ3) is 6.45. The molecule has 1 aliphatic rings. The number of aliphatic imine (C=N–C) groups is 1. The van der Waals surface area contributed by atoms with E-state index >= 15 is 0 Å². The molecule has 0 amide bonds. The molecule has 0 radical (unpaired) electrons. The highest BCUT2D eigenvalue weighted by Crippen LogP contribution is 2.13. The lowest BCUT2D eigenvalue weighted by Gasteiger charge is -2.26. The molecule has 0 unspecified atom stereocenters. The Kier molecular flexibility index (Phi) is 9.45. The molecule has 2 N–H and O–H groups in total. The zero-order valence-electron chi connectivity index (χ0n) is 14.1. The molecule has 2 heterocycles. The fourth-order valence-corrected chi connectivity index (χ4v) is 4.92. The average Bonchev–Trinajstić information content (AvgIpc) is 3.05. The Labute approximate surface area is 165 Å². The Hall–Kier alpha value is -0.460. The number of thioether (sulfide) groups is 1. The highest BCUT2D eigenvalue weighted by Gasteiger charge is 2.23. The van der Waals surface area contributed by atoms with Crippen molar-refractivity contribution in [2.24, 2.45) is 4.99 Å². The first kappa shape index (κ1) is 21.6. The summed E-state index contributed by atoms with van der Waals surface area (Å²) in [6.07, 6.45) is 1.88. The summed E-state index contributed by atoms with van der Waals surface area (Å²) in [5, 5.41) is 3.13. The van der Waals surface area contributed by atoms with Crippen LogP contribution in [0.1, 0.15) is 5.69 Å². The van der Waals surface area contributed by atoms with E-state index in [1.165, 1.54) is 0 Å². The van der Waals surface area contributed by atoms with Crippen molar-refractivity contribution in [3.05, 3.63) is 24.0 Å². The second kappa shape index (κ2) is 10.5. The lowest BCUT2D eigenvalue weighted by Crippen LogP contribution is -2.44. The van der Waals surface area contributed by atoms with E-state index in [9.17, 15) is 8.42 Å². The van der Waals surface area contributed by atoms with E-state index < -0.39 is 10.0 Å². The molecule has 0 bridgehead atoms. The van der Waals surface area contributed by atoms with Gasteiger partial charge in [-0.15, -0.1) is 24.0 Å². The molecule has 1 fully saturated rings. The number of hydrogen-bond acceptors (Lipinski definition) is 4. The van der Waals surface area contributed by atoms with Gasteiger partial charge in [-0.25, -0.2) is 12.7 Å². The van der Waals surface area contributed by atoms with E-state index in [0.717, 1.165) is 17.2 Å².